The van der Waals surface area contributed by atoms with Crippen molar-refractivity contribution in [3.63, 3.8) is 0 Å². The predicted molar refractivity (Wildman–Crippen MR) is 79.4 cm³/mol. The van der Waals surface area contributed by atoms with Crippen molar-refractivity contribution in [3.8, 4) is 0 Å². The number of nitrogens with zero attached hydrogens (tertiary/aromatic N) is 3. The van der Waals surface area contributed by atoms with Crippen molar-refractivity contribution in [3.05, 3.63) is 39.3 Å². The molecule has 6 heteroatoms. The van der Waals surface area contributed by atoms with Crippen LogP contribution in [-0.4, -0.2) is 14.8 Å². The second-order valence-electron chi connectivity index (χ2n) is 4.62. The van der Waals surface area contributed by atoms with E-state index in [0.717, 1.165) is 39.8 Å². The van der Waals surface area contributed by atoms with Crippen molar-refractivity contribution in [2.45, 2.75) is 32.4 Å². The Labute approximate surface area is 125 Å². The standard InChI is InChI=1S/C13H14BrClN4/c14-10-7-9(15)4-5-11(10)16-8-13-18-17-12-3-1-2-6-19(12)13/h4-5,7,16H,1-3,6,8H2. The zero-order valence-electron chi connectivity index (χ0n) is 10.4. The first-order valence-corrected chi connectivity index (χ1v) is 7.51. The summed E-state index contributed by atoms with van der Waals surface area (Å²) < 4.78 is 3.18. The highest BCUT2D eigenvalue weighted by atomic mass is 79.9. The second kappa shape index (κ2) is 5.51. The van der Waals surface area contributed by atoms with E-state index in [0.29, 0.717) is 6.54 Å². The smallest absolute Gasteiger partial charge is 0.152 e. The first-order chi connectivity index (χ1) is 9.24. The lowest BCUT2D eigenvalue weighted by molar-refractivity contribution is 0.510. The molecule has 4 nitrogen and oxygen atoms in total. The third-order valence-corrected chi connectivity index (χ3v) is 4.20. The zero-order valence-corrected chi connectivity index (χ0v) is 12.7. The van der Waals surface area contributed by atoms with Crippen LogP contribution in [0.4, 0.5) is 5.69 Å². The lowest BCUT2D eigenvalue weighted by Gasteiger charge is -2.15. The summed E-state index contributed by atoms with van der Waals surface area (Å²) in [4.78, 5) is 0. The van der Waals surface area contributed by atoms with E-state index in [4.69, 9.17) is 11.6 Å². The Morgan fingerprint density at radius 3 is 3.05 bits per heavy atom. The van der Waals surface area contributed by atoms with Crippen molar-refractivity contribution in [1.82, 2.24) is 14.8 Å². The van der Waals surface area contributed by atoms with Crippen LogP contribution in [0.3, 0.4) is 0 Å². The average Bonchev–Trinajstić information content (AvgIpc) is 2.81. The fraction of sp³-hybridized carbons (Fsp3) is 0.385. The number of hydrogen-bond acceptors (Lipinski definition) is 3. The zero-order chi connectivity index (χ0) is 13.2. The largest absolute Gasteiger partial charge is 0.377 e. The van der Waals surface area contributed by atoms with Crippen LogP contribution in [0.5, 0.6) is 0 Å². The van der Waals surface area contributed by atoms with Gasteiger partial charge in [-0.1, -0.05) is 11.6 Å². The Hall–Kier alpha value is -1.07. The summed E-state index contributed by atoms with van der Waals surface area (Å²) in [5.74, 6) is 2.11. The monoisotopic (exact) mass is 340 g/mol. The van der Waals surface area contributed by atoms with Gasteiger partial charge in [0.15, 0.2) is 5.82 Å². The number of anilines is 1. The van der Waals surface area contributed by atoms with Crippen molar-refractivity contribution in [2.24, 2.45) is 0 Å². The van der Waals surface area contributed by atoms with E-state index in [9.17, 15) is 0 Å². The molecule has 0 unspecified atom stereocenters. The van der Waals surface area contributed by atoms with Crippen molar-refractivity contribution in [1.29, 1.82) is 0 Å². The van der Waals surface area contributed by atoms with Gasteiger partial charge in [-0.15, -0.1) is 10.2 Å². The SMILES string of the molecule is Clc1ccc(NCc2nnc3n2CCCC3)c(Br)c1. The number of fused-ring (bicyclic) bond motifs is 1. The van der Waals surface area contributed by atoms with E-state index in [-0.39, 0.29) is 0 Å². The molecule has 2 heterocycles. The van der Waals surface area contributed by atoms with E-state index in [1.165, 1.54) is 12.8 Å². The predicted octanol–water partition coefficient (Wildman–Crippen LogP) is 3.64. The number of nitrogens with one attached hydrogen (secondary N) is 1. The topological polar surface area (TPSA) is 42.7 Å². The highest BCUT2D eigenvalue weighted by Gasteiger charge is 2.15. The highest BCUT2D eigenvalue weighted by molar-refractivity contribution is 9.10. The molecule has 1 N–H and O–H groups in total. The van der Waals surface area contributed by atoms with Crippen molar-refractivity contribution < 1.29 is 0 Å². The van der Waals surface area contributed by atoms with Gasteiger partial charge in [0.05, 0.1) is 6.54 Å². The summed E-state index contributed by atoms with van der Waals surface area (Å²) in [6.07, 6.45) is 3.47. The first kappa shape index (κ1) is 12.9. The van der Waals surface area contributed by atoms with Gasteiger partial charge in [0.25, 0.3) is 0 Å². The van der Waals surface area contributed by atoms with Gasteiger partial charge in [-0.3, -0.25) is 0 Å². The minimum Gasteiger partial charge on any atom is -0.377 e. The minimum atomic E-state index is 0.674. The van der Waals surface area contributed by atoms with Crippen LogP contribution < -0.4 is 5.32 Å². The van der Waals surface area contributed by atoms with Gasteiger partial charge in [0, 0.05) is 28.1 Å². The number of aromatic nitrogens is 3. The maximum absolute atomic E-state index is 5.93. The molecule has 1 aliphatic rings. The van der Waals surface area contributed by atoms with Crippen molar-refractivity contribution >= 4 is 33.2 Å². The molecule has 19 heavy (non-hydrogen) atoms. The van der Waals surface area contributed by atoms with Crippen molar-refractivity contribution in [2.75, 3.05) is 5.32 Å². The van der Waals surface area contributed by atoms with E-state index in [1.807, 2.05) is 18.2 Å². The Morgan fingerprint density at radius 1 is 1.32 bits per heavy atom. The molecule has 0 bridgehead atoms. The quantitative estimate of drug-likeness (QED) is 0.927. The molecule has 0 radical (unpaired) electrons. The first-order valence-electron chi connectivity index (χ1n) is 6.34. The lowest BCUT2D eigenvalue weighted by atomic mass is 10.2. The average molecular weight is 342 g/mol. The number of benzene rings is 1. The van der Waals surface area contributed by atoms with Crippen LogP contribution in [0.2, 0.25) is 5.02 Å². The molecule has 0 amide bonds. The molecule has 2 aromatic rings. The Kier molecular flexibility index (Phi) is 3.75. The molecular weight excluding hydrogens is 328 g/mol. The molecule has 1 aromatic heterocycles. The van der Waals surface area contributed by atoms with Gasteiger partial charge < -0.3 is 9.88 Å². The fourth-order valence-electron chi connectivity index (χ4n) is 2.31. The summed E-state index contributed by atoms with van der Waals surface area (Å²) in [6.45, 7) is 1.70. The molecule has 1 aliphatic heterocycles. The van der Waals surface area contributed by atoms with Crippen LogP contribution >= 0.6 is 27.5 Å². The third kappa shape index (κ3) is 2.77. The molecule has 0 aliphatic carbocycles. The molecule has 1 aromatic carbocycles. The van der Waals surface area contributed by atoms with Gasteiger partial charge >= 0.3 is 0 Å². The number of halogens is 2. The summed E-state index contributed by atoms with van der Waals surface area (Å²) in [6, 6.07) is 5.71. The van der Waals surface area contributed by atoms with Crippen LogP contribution in [-0.2, 0) is 19.5 Å². The van der Waals surface area contributed by atoms with Crippen LogP contribution in [0.1, 0.15) is 24.5 Å². The summed E-state index contributed by atoms with van der Waals surface area (Å²) in [5.41, 5.74) is 1.01. The lowest BCUT2D eigenvalue weighted by Crippen LogP contribution is -2.15. The molecule has 0 saturated carbocycles. The van der Waals surface area contributed by atoms with Crippen LogP contribution in [0.15, 0.2) is 22.7 Å². The maximum Gasteiger partial charge on any atom is 0.152 e. The maximum atomic E-state index is 5.93. The van der Waals surface area contributed by atoms with E-state index in [2.05, 4.69) is 36.0 Å². The Balaban J connectivity index is 1.74. The minimum absolute atomic E-state index is 0.674. The molecule has 0 saturated heterocycles. The molecular formula is C13H14BrClN4. The number of rotatable bonds is 3. The molecule has 0 atom stereocenters. The highest BCUT2D eigenvalue weighted by Crippen LogP contribution is 2.26. The van der Waals surface area contributed by atoms with Gasteiger partial charge in [-0.05, 0) is 47.0 Å². The van der Waals surface area contributed by atoms with Gasteiger partial charge in [0.1, 0.15) is 5.82 Å². The molecule has 0 spiro atoms. The van der Waals surface area contributed by atoms with Gasteiger partial charge in [-0.2, -0.15) is 0 Å². The summed E-state index contributed by atoms with van der Waals surface area (Å²) in [5, 5.41) is 12.6. The summed E-state index contributed by atoms with van der Waals surface area (Å²) >= 11 is 9.42. The van der Waals surface area contributed by atoms with Gasteiger partial charge in [0.2, 0.25) is 0 Å². The normalized spacial score (nSPS) is 14.2. The van der Waals surface area contributed by atoms with Crippen LogP contribution in [0.25, 0.3) is 0 Å². The molecule has 0 fully saturated rings. The van der Waals surface area contributed by atoms with E-state index >= 15 is 0 Å². The summed E-state index contributed by atoms with van der Waals surface area (Å²) in [7, 11) is 0. The third-order valence-electron chi connectivity index (χ3n) is 3.30. The number of hydrogen-bond donors (Lipinski definition) is 1. The van der Waals surface area contributed by atoms with E-state index in [1.54, 1.807) is 0 Å². The number of aryl methyl sites for hydroxylation is 1. The molecule has 100 valence electrons. The van der Waals surface area contributed by atoms with Crippen LogP contribution in [0, 0.1) is 0 Å². The second-order valence-corrected chi connectivity index (χ2v) is 5.91. The Morgan fingerprint density at radius 2 is 2.21 bits per heavy atom. The Bertz CT molecular complexity index is 596. The van der Waals surface area contributed by atoms with Gasteiger partial charge in [-0.25, -0.2) is 0 Å². The molecule has 3 rings (SSSR count). The van der Waals surface area contributed by atoms with E-state index < -0.39 is 0 Å². The fourth-order valence-corrected chi connectivity index (χ4v) is 3.13.